The normalized spacial score (nSPS) is 13.5. The zero-order valence-corrected chi connectivity index (χ0v) is 13.4. The van der Waals surface area contributed by atoms with Crippen LogP contribution in [0.25, 0.3) is 0 Å². The van der Waals surface area contributed by atoms with Crippen LogP contribution in [0.1, 0.15) is 42.9 Å². The number of aromatic nitrogens is 4. The van der Waals surface area contributed by atoms with E-state index >= 15 is 0 Å². The Bertz CT molecular complexity index is 598. The molecular weight excluding hydrogens is 296 g/mol. The van der Waals surface area contributed by atoms with E-state index in [1.165, 1.54) is 6.92 Å². The number of hydrogen-bond acceptors (Lipinski definition) is 6. The predicted molar refractivity (Wildman–Crippen MR) is 84.2 cm³/mol. The molecule has 7 nitrogen and oxygen atoms in total. The van der Waals surface area contributed by atoms with Crippen LogP contribution in [0.2, 0.25) is 0 Å². The van der Waals surface area contributed by atoms with Crippen molar-refractivity contribution in [1.29, 1.82) is 0 Å². The third kappa shape index (κ3) is 5.14. The standard InChI is InChI=1S/C16H22N4O3/c1-3-4-13(9-16-17-19-20-18-16)15(22)10-23-14-7-5-12(6-8-14)11(2)21/h5-8,13,15,22H,3-4,9-10H2,1-2H3,(H,17,18,19,20). The lowest BCUT2D eigenvalue weighted by Gasteiger charge is -2.21. The number of aromatic amines is 1. The summed E-state index contributed by atoms with van der Waals surface area (Å²) >= 11 is 0. The van der Waals surface area contributed by atoms with Crippen LogP contribution in [0, 0.1) is 5.92 Å². The molecule has 0 spiro atoms. The molecule has 0 saturated heterocycles. The second kappa shape index (κ2) is 8.38. The molecule has 0 aliphatic carbocycles. The van der Waals surface area contributed by atoms with E-state index < -0.39 is 6.10 Å². The highest BCUT2D eigenvalue weighted by Gasteiger charge is 2.21. The van der Waals surface area contributed by atoms with Gasteiger partial charge in [0.05, 0.1) is 6.10 Å². The van der Waals surface area contributed by atoms with Crippen molar-refractivity contribution in [2.24, 2.45) is 5.92 Å². The van der Waals surface area contributed by atoms with Gasteiger partial charge in [0.1, 0.15) is 12.4 Å². The summed E-state index contributed by atoms with van der Waals surface area (Å²) in [4.78, 5) is 11.2. The maximum Gasteiger partial charge on any atom is 0.174 e. The van der Waals surface area contributed by atoms with Gasteiger partial charge >= 0.3 is 0 Å². The number of nitrogens with zero attached hydrogens (tertiary/aromatic N) is 3. The topological polar surface area (TPSA) is 101 Å². The molecule has 23 heavy (non-hydrogen) atoms. The molecule has 1 aromatic heterocycles. The van der Waals surface area contributed by atoms with Gasteiger partial charge in [-0.25, -0.2) is 0 Å². The van der Waals surface area contributed by atoms with E-state index in [4.69, 9.17) is 4.74 Å². The number of tetrazole rings is 1. The van der Waals surface area contributed by atoms with E-state index in [-0.39, 0.29) is 18.3 Å². The molecule has 0 bridgehead atoms. The Morgan fingerprint density at radius 3 is 2.65 bits per heavy atom. The summed E-state index contributed by atoms with van der Waals surface area (Å²) in [5, 5.41) is 24.2. The van der Waals surface area contributed by atoms with Crippen LogP contribution in [0.4, 0.5) is 0 Å². The minimum atomic E-state index is -0.624. The number of benzene rings is 1. The third-order valence-electron chi connectivity index (χ3n) is 3.72. The van der Waals surface area contributed by atoms with Crippen molar-refractivity contribution in [2.75, 3.05) is 6.61 Å². The van der Waals surface area contributed by atoms with Crippen LogP contribution in [0.3, 0.4) is 0 Å². The van der Waals surface area contributed by atoms with Gasteiger partial charge in [0, 0.05) is 12.0 Å². The number of aliphatic hydroxyl groups is 1. The minimum absolute atomic E-state index is 0.00842. The lowest BCUT2D eigenvalue weighted by atomic mass is 9.93. The van der Waals surface area contributed by atoms with Crippen molar-refractivity contribution in [2.45, 2.75) is 39.2 Å². The Balaban J connectivity index is 1.90. The van der Waals surface area contributed by atoms with Crippen LogP contribution in [-0.2, 0) is 6.42 Å². The van der Waals surface area contributed by atoms with E-state index in [9.17, 15) is 9.90 Å². The smallest absolute Gasteiger partial charge is 0.174 e. The Morgan fingerprint density at radius 1 is 1.35 bits per heavy atom. The first-order valence-electron chi connectivity index (χ1n) is 7.74. The van der Waals surface area contributed by atoms with Gasteiger partial charge in [-0.3, -0.25) is 4.79 Å². The fourth-order valence-electron chi connectivity index (χ4n) is 2.41. The Hall–Kier alpha value is -2.28. The first-order valence-corrected chi connectivity index (χ1v) is 7.74. The number of ketones is 1. The number of H-pyrrole nitrogens is 1. The lowest BCUT2D eigenvalue weighted by Crippen LogP contribution is -2.29. The molecule has 0 amide bonds. The van der Waals surface area contributed by atoms with Crippen LogP contribution >= 0.6 is 0 Å². The number of aliphatic hydroxyl groups excluding tert-OH is 1. The van der Waals surface area contributed by atoms with Gasteiger partial charge in [-0.2, -0.15) is 5.21 Å². The van der Waals surface area contributed by atoms with Gasteiger partial charge in [0.2, 0.25) is 0 Å². The van der Waals surface area contributed by atoms with Crippen LogP contribution < -0.4 is 4.74 Å². The van der Waals surface area contributed by atoms with E-state index in [0.717, 1.165) is 12.8 Å². The van der Waals surface area contributed by atoms with Crippen molar-refractivity contribution in [1.82, 2.24) is 20.6 Å². The molecule has 0 aliphatic heterocycles. The molecule has 7 heteroatoms. The SMILES string of the molecule is CCCC(Cc1nn[nH]n1)C(O)COc1ccc(C(C)=O)cc1. The van der Waals surface area contributed by atoms with E-state index in [1.807, 2.05) is 0 Å². The van der Waals surface area contributed by atoms with Crippen LogP contribution in [-0.4, -0.2) is 44.2 Å². The number of hydrogen-bond donors (Lipinski definition) is 2. The van der Waals surface area contributed by atoms with Crippen molar-refractivity contribution in [3.8, 4) is 5.75 Å². The maximum absolute atomic E-state index is 11.2. The Morgan fingerprint density at radius 2 is 2.09 bits per heavy atom. The molecule has 2 atom stereocenters. The third-order valence-corrected chi connectivity index (χ3v) is 3.72. The molecule has 2 aromatic rings. The summed E-state index contributed by atoms with van der Waals surface area (Å²) in [7, 11) is 0. The number of carbonyl (C=O) groups excluding carboxylic acids is 1. The van der Waals surface area contributed by atoms with Crippen LogP contribution in [0.15, 0.2) is 24.3 Å². The Labute approximate surface area is 135 Å². The molecule has 0 aliphatic rings. The largest absolute Gasteiger partial charge is 0.491 e. The first kappa shape index (κ1) is 17.1. The molecule has 2 unspecified atom stereocenters. The molecule has 1 heterocycles. The molecular formula is C16H22N4O3. The molecule has 2 rings (SSSR count). The summed E-state index contributed by atoms with van der Waals surface area (Å²) < 4.78 is 5.62. The Kier molecular flexibility index (Phi) is 6.22. The molecule has 0 fully saturated rings. The zero-order valence-electron chi connectivity index (χ0n) is 13.4. The van der Waals surface area contributed by atoms with Gasteiger partial charge in [-0.1, -0.05) is 18.6 Å². The summed E-state index contributed by atoms with van der Waals surface area (Å²) in [6.07, 6.45) is 1.73. The fourth-order valence-corrected chi connectivity index (χ4v) is 2.41. The quantitative estimate of drug-likeness (QED) is 0.684. The van der Waals surface area contributed by atoms with Gasteiger partial charge in [0.25, 0.3) is 0 Å². The van der Waals surface area contributed by atoms with Crippen molar-refractivity contribution >= 4 is 5.78 Å². The summed E-state index contributed by atoms with van der Waals surface area (Å²) in [5.41, 5.74) is 0.638. The summed E-state index contributed by atoms with van der Waals surface area (Å²) in [5.74, 6) is 1.24. The van der Waals surface area contributed by atoms with Gasteiger partial charge < -0.3 is 9.84 Å². The number of carbonyl (C=O) groups is 1. The zero-order chi connectivity index (χ0) is 16.7. The van der Waals surface area contributed by atoms with Gasteiger partial charge in [-0.15, -0.1) is 10.2 Å². The van der Waals surface area contributed by atoms with E-state index in [0.29, 0.717) is 23.6 Å². The highest BCUT2D eigenvalue weighted by molar-refractivity contribution is 5.94. The maximum atomic E-state index is 11.2. The van der Waals surface area contributed by atoms with Crippen LogP contribution in [0.5, 0.6) is 5.75 Å². The highest BCUT2D eigenvalue weighted by atomic mass is 16.5. The number of Topliss-reactive ketones (excluding diaryl/α,β-unsaturated/α-hetero) is 1. The molecule has 0 radical (unpaired) electrons. The average Bonchev–Trinajstić information content (AvgIpc) is 3.05. The molecule has 2 N–H and O–H groups in total. The highest BCUT2D eigenvalue weighted by Crippen LogP contribution is 2.18. The average molecular weight is 318 g/mol. The molecule has 1 aromatic carbocycles. The fraction of sp³-hybridized carbons (Fsp3) is 0.500. The van der Waals surface area contributed by atoms with Gasteiger partial charge in [0.15, 0.2) is 11.6 Å². The molecule has 124 valence electrons. The lowest BCUT2D eigenvalue weighted by molar-refractivity contribution is 0.0521. The summed E-state index contributed by atoms with van der Waals surface area (Å²) in [6.45, 7) is 3.77. The second-order valence-corrected chi connectivity index (χ2v) is 5.54. The first-order chi connectivity index (χ1) is 11.1. The number of rotatable bonds is 9. The second-order valence-electron chi connectivity index (χ2n) is 5.54. The summed E-state index contributed by atoms with van der Waals surface area (Å²) in [6, 6.07) is 6.90. The van der Waals surface area contributed by atoms with Gasteiger partial charge in [-0.05, 0) is 43.5 Å². The van der Waals surface area contributed by atoms with E-state index in [2.05, 4.69) is 27.5 Å². The predicted octanol–water partition coefficient (Wildman–Crippen LogP) is 1.80. The minimum Gasteiger partial charge on any atom is -0.491 e. The van der Waals surface area contributed by atoms with Crippen molar-refractivity contribution in [3.63, 3.8) is 0 Å². The number of nitrogens with one attached hydrogen (secondary N) is 1. The molecule has 0 saturated carbocycles. The van der Waals surface area contributed by atoms with E-state index in [1.54, 1.807) is 24.3 Å². The van der Waals surface area contributed by atoms with Crippen molar-refractivity contribution < 1.29 is 14.6 Å². The number of ether oxygens (including phenoxy) is 1. The van der Waals surface area contributed by atoms with Crippen molar-refractivity contribution in [3.05, 3.63) is 35.7 Å². The monoisotopic (exact) mass is 318 g/mol.